The molecule has 2 amide bonds. The number of amides is 2. The number of aromatic nitrogens is 1. The fourth-order valence-electron chi connectivity index (χ4n) is 2.88. The van der Waals surface area contributed by atoms with E-state index >= 15 is 0 Å². The largest absolute Gasteiger partial charge is 0.465 e. The maximum absolute atomic E-state index is 13.6. The van der Waals surface area contributed by atoms with Crippen molar-refractivity contribution >= 4 is 22.9 Å². The Morgan fingerprint density at radius 1 is 1.22 bits per heavy atom. The van der Waals surface area contributed by atoms with E-state index in [4.69, 9.17) is 10.6 Å². The van der Waals surface area contributed by atoms with Crippen molar-refractivity contribution in [1.29, 1.82) is 0 Å². The predicted molar refractivity (Wildman–Crippen MR) is 95.8 cm³/mol. The number of fused-ring (bicyclic) bond motifs is 1. The molecule has 27 heavy (non-hydrogen) atoms. The van der Waals surface area contributed by atoms with Crippen molar-refractivity contribution < 1.29 is 19.1 Å². The third-order valence-corrected chi connectivity index (χ3v) is 4.00. The first kappa shape index (κ1) is 18.0. The lowest BCUT2D eigenvalue weighted by Crippen LogP contribution is -2.19. The van der Waals surface area contributed by atoms with Crippen LogP contribution in [0.25, 0.3) is 21.3 Å². The summed E-state index contributed by atoms with van der Waals surface area (Å²) in [5.41, 5.74) is 10.9. The maximum Gasteiger partial charge on any atom is 0.404 e. The molecule has 0 aliphatic rings. The van der Waals surface area contributed by atoms with E-state index in [1.54, 1.807) is 22.8 Å². The molecule has 9 heteroatoms. The highest BCUT2D eigenvalue weighted by molar-refractivity contribution is 6.07. The van der Waals surface area contributed by atoms with E-state index < -0.39 is 17.8 Å². The van der Waals surface area contributed by atoms with Gasteiger partial charge in [0.1, 0.15) is 5.82 Å². The van der Waals surface area contributed by atoms with Gasteiger partial charge in [0.25, 0.3) is 5.91 Å². The van der Waals surface area contributed by atoms with E-state index in [2.05, 4.69) is 15.3 Å². The van der Waals surface area contributed by atoms with E-state index in [1.165, 1.54) is 18.3 Å². The third kappa shape index (κ3) is 4.05. The molecule has 3 rings (SSSR count). The molecule has 1 aromatic heterocycles. The van der Waals surface area contributed by atoms with Crippen molar-refractivity contribution in [2.24, 2.45) is 5.11 Å². The van der Waals surface area contributed by atoms with Crippen molar-refractivity contribution in [3.63, 3.8) is 0 Å². The molecule has 136 valence electrons. The molecule has 1 heterocycles. The van der Waals surface area contributed by atoms with Gasteiger partial charge in [0.05, 0.1) is 5.56 Å². The van der Waals surface area contributed by atoms with Gasteiger partial charge in [0, 0.05) is 35.1 Å². The maximum atomic E-state index is 13.6. The molecular weight excluding hydrogens is 353 g/mol. The normalized spacial score (nSPS) is 10.4. The summed E-state index contributed by atoms with van der Waals surface area (Å²) in [6, 6.07) is 11.3. The molecule has 0 saturated carbocycles. The lowest BCUT2D eigenvalue weighted by atomic mass is 10.1. The average molecular weight is 367 g/mol. The minimum atomic E-state index is -1.11. The van der Waals surface area contributed by atoms with Crippen LogP contribution in [0.3, 0.4) is 0 Å². The molecule has 2 N–H and O–H groups in total. The van der Waals surface area contributed by atoms with Crippen LogP contribution in [0, 0.1) is 5.82 Å². The van der Waals surface area contributed by atoms with Crippen LogP contribution in [0.2, 0.25) is 0 Å². The lowest BCUT2D eigenvalue weighted by molar-refractivity contribution is 0.100. The molecule has 0 saturated heterocycles. The Balaban J connectivity index is 1.98. The van der Waals surface area contributed by atoms with Crippen molar-refractivity contribution in [3.8, 4) is 0 Å². The SMILES string of the molecule is [N-]=[N+]=NC(=O)c1cn(Cc2cccc(CNC(=O)O)c2)c2ccc(F)cc12. The zero-order valence-electron chi connectivity index (χ0n) is 14.0. The van der Waals surface area contributed by atoms with Crippen molar-refractivity contribution in [3.05, 3.63) is 81.6 Å². The Labute approximate surface area is 152 Å². The standard InChI is InChI=1S/C18H14FN5O3/c19-13-4-5-16-14(7-13)15(17(25)22-23-20)10-24(16)9-12-3-1-2-11(6-12)8-21-18(26)27/h1-7,10,21H,8-9H2,(H,26,27). The number of hydrogen-bond acceptors (Lipinski definition) is 2. The Hall–Kier alpha value is -3.84. The quantitative estimate of drug-likeness (QED) is 0.402. The van der Waals surface area contributed by atoms with Crippen molar-refractivity contribution in [1.82, 2.24) is 9.88 Å². The number of benzene rings is 2. The van der Waals surface area contributed by atoms with E-state index in [9.17, 15) is 14.0 Å². The van der Waals surface area contributed by atoms with Gasteiger partial charge in [0.2, 0.25) is 0 Å². The predicted octanol–water partition coefficient (Wildman–Crippen LogP) is 4.05. The van der Waals surface area contributed by atoms with Gasteiger partial charge in [-0.25, -0.2) is 9.18 Å². The van der Waals surface area contributed by atoms with Gasteiger partial charge in [-0.3, -0.25) is 4.79 Å². The van der Waals surface area contributed by atoms with Gasteiger partial charge in [-0.1, -0.05) is 24.3 Å². The van der Waals surface area contributed by atoms with Crippen LogP contribution in [0.5, 0.6) is 0 Å². The first-order valence-electron chi connectivity index (χ1n) is 7.90. The minimum absolute atomic E-state index is 0.117. The highest BCUT2D eigenvalue weighted by Crippen LogP contribution is 2.24. The van der Waals surface area contributed by atoms with Gasteiger partial charge >= 0.3 is 6.09 Å². The van der Waals surface area contributed by atoms with Gasteiger partial charge in [-0.05, 0) is 40.0 Å². The topological polar surface area (TPSA) is 120 Å². The zero-order valence-corrected chi connectivity index (χ0v) is 14.0. The number of carbonyl (C=O) groups is 2. The van der Waals surface area contributed by atoms with E-state index in [-0.39, 0.29) is 12.1 Å². The Kier molecular flexibility index (Phi) is 5.05. The van der Waals surface area contributed by atoms with Crippen LogP contribution < -0.4 is 5.32 Å². The highest BCUT2D eigenvalue weighted by Gasteiger charge is 2.15. The van der Waals surface area contributed by atoms with Gasteiger partial charge in [-0.2, -0.15) is 0 Å². The second kappa shape index (κ2) is 7.59. The second-order valence-corrected chi connectivity index (χ2v) is 5.81. The fourth-order valence-corrected chi connectivity index (χ4v) is 2.88. The summed E-state index contributed by atoms with van der Waals surface area (Å²) in [6.07, 6.45) is 0.406. The van der Waals surface area contributed by atoms with Gasteiger partial charge in [-0.15, -0.1) is 0 Å². The van der Waals surface area contributed by atoms with Gasteiger partial charge in [0.15, 0.2) is 0 Å². The van der Waals surface area contributed by atoms with Crippen LogP contribution in [0.4, 0.5) is 9.18 Å². The summed E-state index contributed by atoms with van der Waals surface area (Å²) < 4.78 is 15.4. The Morgan fingerprint density at radius 3 is 2.74 bits per heavy atom. The summed E-state index contributed by atoms with van der Waals surface area (Å²) >= 11 is 0. The summed E-state index contributed by atoms with van der Waals surface area (Å²) in [5, 5.41) is 14.5. The number of halogens is 1. The monoisotopic (exact) mass is 367 g/mol. The van der Waals surface area contributed by atoms with Crippen molar-refractivity contribution in [2.75, 3.05) is 0 Å². The lowest BCUT2D eigenvalue weighted by Gasteiger charge is -2.08. The number of carboxylic acid groups (broad SMARTS) is 1. The molecule has 0 unspecified atom stereocenters. The number of hydrogen-bond donors (Lipinski definition) is 2. The van der Waals surface area contributed by atoms with Crippen LogP contribution in [-0.4, -0.2) is 21.7 Å². The number of rotatable bonds is 5. The van der Waals surface area contributed by atoms with Crippen LogP contribution >= 0.6 is 0 Å². The molecule has 8 nitrogen and oxygen atoms in total. The van der Waals surface area contributed by atoms with Crippen LogP contribution in [-0.2, 0) is 13.1 Å². The molecule has 0 aliphatic carbocycles. The van der Waals surface area contributed by atoms with Crippen LogP contribution in [0.1, 0.15) is 21.5 Å². The minimum Gasteiger partial charge on any atom is -0.465 e. The third-order valence-electron chi connectivity index (χ3n) is 4.00. The first-order chi connectivity index (χ1) is 13.0. The molecule has 0 aliphatic heterocycles. The van der Waals surface area contributed by atoms with Crippen molar-refractivity contribution in [2.45, 2.75) is 13.1 Å². The molecule has 3 aromatic rings. The fraction of sp³-hybridized carbons (Fsp3) is 0.111. The van der Waals surface area contributed by atoms with E-state index in [1.807, 2.05) is 12.1 Å². The van der Waals surface area contributed by atoms with Crippen LogP contribution in [0.15, 0.2) is 53.8 Å². The second-order valence-electron chi connectivity index (χ2n) is 5.81. The summed E-state index contributed by atoms with van der Waals surface area (Å²) in [4.78, 5) is 25.1. The number of carbonyl (C=O) groups excluding carboxylic acids is 1. The Morgan fingerprint density at radius 2 is 2.00 bits per heavy atom. The number of azide groups is 1. The Bertz CT molecular complexity index is 1090. The molecular formula is C18H14FN5O3. The molecule has 0 bridgehead atoms. The number of nitrogens with one attached hydrogen (secondary N) is 1. The summed E-state index contributed by atoms with van der Waals surface area (Å²) in [7, 11) is 0. The van der Waals surface area contributed by atoms with E-state index in [0.717, 1.165) is 11.1 Å². The zero-order chi connectivity index (χ0) is 19.4. The first-order valence-corrected chi connectivity index (χ1v) is 7.90. The summed E-state index contributed by atoms with van der Waals surface area (Å²) in [6.45, 7) is 0.536. The molecule has 0 atom stereocenters. The summed E-state index contributed by atoms with van der Waals surface area (Å²) in [5.74, 6) is -1.29. The number of nitrogens with zero attached hydrogens (tertiary/aromatic N) is 4. The highest BCUT2D eigenvalue weighted by atomic mass is 19.1. The van der Waals surface area contributed by atoms with Gasteiger partial charge < -0.3 is 15.0 Å². The molecule has 0 fully saturated rings. The molecule has 2 aromatic carbocycles. The average Bonchev–Trinajstić information content (AvgIpc) is 2.98. The smallest absolute Gasteiger partial charge is 0.404 e. The molecule has 0 spiro atoms. The molecule has 0 radical (unpaired) electrons. The van der Waals surface area contributed by atoms with E-state index in [0.29, 0.717) is 17.4 Å².